The van der Waals surface area contributed by atoms with Gasteiger partial charge < -0.3 is 20.4 Å². The lowest BCUT2D eigenvalue weighted by Crippen LogP contribution is -2.48. The first kappa shape index (κ1) is 17.2. The normalized spacial score (nSPS) is 20.4. The van der Waals surface area contributed by atoms with Gasteiger partial charge in [0.1, 0.15) is 12.6 Å². The molecule has 1 aromatic heterocycles. The van der Waals surface area contributed by atoms with Gasteiger partial charge in [0.25, 0.3) is 0 Å². The standard InChI is InChI=1S/C17H22N4O4/c1-10(2)19-16(23)13-7-11(18)8-20(13)15(22)9-21-12-5-3-4-6-14(12)25-17(21)24/h3-6,10-11,13H,7-9,18H2,1-2H3,(H,19,23). The number of oxazole rings is 1. The summed E-state index contributed by atoms with van der Waals surface area (Å²) < 4.78 is 6.42. The molecule has 2 aromatic rings. The van der Waals surface area contributed by atoms with Gasteiger partial charge >= 0.3 is 5.76 Å². The van der Waals surface area contributed by atoms with Gasteiger partial charge in [-0.1, -0.05) is 12.1 Å². The Hall–Kier alpha value is -2.61. The third-order valence-corrected chi connectivity index (χ3v) is 4.25. The minimum Gasteiger partial charge on any atom is -0.408 e. The van der Waals surface area contributed by atoms with Crippen LogP contribution in [0.4, 0.5) is 0 Å². The molecule has 2 amide bonds. The zero-order valence-corrected chi connectivity index (χ0v) is 14.3. The summed E-state index contributed by atoms with van der Waals surface area (Å²) in [5.74, 6) is -1.15. The van der Waals surface area contributed by atoms with E-state index in [0.717, 1.165) is 0 Å². The summed E-state index contributed by atoms with van der Waals surface area (Å²) in [6, 6.07) is 6.01. The quantitative estimate of drug-likeness (QED) is 0.812. The maximum atomic E-state index is 12.7. The van der Waals surface area contributed by atoms with Gasteiger partial charge in [-0.3, -0.25) is 14.2 Å². The van der Waals surface area contributed by atoms with Crippen LogP contribution >= 0.6 is 0 Å². The molecule has 3 rings (SSSR count). The first-order chi connectivity index (χ1) is 11.9. The zero-order chi connectivity index (χ0) is 18.1. The fraction of sp³-hybridized carbons (Fsp3) is 0.471. The number of nitrogens with zero attached hydrogens (tertiary/aromatic N) is 2. The predicted octanol–water partition coefficient (Wildman–Crippen LogP) is 0.0473. The largest absolute Gasteiger partial charge is 0.420 e. The van der Waals surface area contributed by atoms with E-state index in [-0.39, 0.29) is 30.4 Å². The summed E-state index contributed by atoms with van der Waals surface area (Å²) in [6.45, 7) is 3.82. The summed E-state index contributed by atoms with van der Waals surface area (Å²) >= 11 is 0. The van der Waals surface area contributed by atoms with E-state index < -0.39 is 11.8 Å². The molecule has 8 heteroatoms. The fourth-order valence-electron chi connectivity index (χ4n) is 3.16. The van der Waals surface area contributed by atoms with E-state index in [4.69, 9.17) is 10.2 Å². The van der Waals surface area contributed by atoms with Gasteiger partial charge in [-0.15, -0.1) is 0 Å². The molecule has 1 fully saturated rings. The number of hydrogen-bond donors (Lipinski definition) is 2. The van der Waals surface area contributed by atoms with Crippen LogP contribution in [0.5, 0.6) is 0 Å². The highest BCUT2D eigenvalue weighted by molar-refractivity contribution is 5.89. The number of carbonyl (C=O) groups excluding carboxylic acids is 2. The van der Waals surface area contributed by atoms with Crippen molar-refractivity contribution in [1.29, 1.82) is 0 Å². The molecule has 0 bridgehead atoms. The topological polar surface area (TPSA) is 111 Å². The van der Waals surface area contributed by atoms with Crippen molar-refractivity contribution in [2.45, 2.75) is 44.9 Å². The van der Waals surface area contributed by atoms with Gasteiger partial charge in [0, 0.05) is 18.6 Å². The molecule has 2 heterocycles. The molecule has 0 spiro atoms. The molecule has 1 aromatic carbocycles. The second kappa shape index (κ2) is 6.72. The number of para-hydroxylation sites is 2. The van der Waals surface area contributed by atoms with E-state index >= 15 is 0 Å². The molecule has 8 nitrogen and oxygen atoms in total. The molecule has 3 N–H and O–H groups in total. The number of aromatic nitrogens is 1. The second-order valence-corrected chi connectivity index (χ2v) is 6.64. The summed E-state index contributed by atoms with van der Waals surface area (Å²) in [4.78, 5) is 38.6. The monoisotopic (exact) mass is 346 g/mol. The number of amides is 2. The van der Waals surface area contributed by atoms with Crippen molar-refractivity contribution in [1.82, 2.24) is 14.8 Å². The highest BCUT2D eigenvalue weighted by atomic mass is 16.4. The molecule has 1 saturated heterocycles. The highest BCUT2D eigenvalue weighted by Gasteiger charge is 2.38. The molecule has 25 heavy (non-hydrogen) atoms. The van der Waals surface area contributed by atoms with Crippen molar-refractivity contribution in [3.63, 3.8) is 0 Å². The van der Waals surface area contributed by atoms with Crippen LogP contribution in [0.15, 0.2) is 33.5 Å². The van der Waals surface area contributed by atoms with Crippen molar-refractivity contribution in [3.05, 3.63) is 34.8 Å². The van der Waals surface area contributed by atoms with Crippen LogP contribution in [0.3, 0.4) is 0 Å². The summed E-state index contributed by atoms with van der Waals surface area (Å²) in [5.41, 5.74) is 6.93. The third kappa shape index (κ3) is 3.43. The van der Waals surface area contributed by atoms with Gasteiger partial charge in [-0.25, -0.2) is 4.79 Å². The van der Waals surface area contributed by atoms with E-state index in [1.54, 1.807) is 24.3 Å². The van der Waals surface area contributed by atoms with Crippen LogP contribution in [0.1, 0.15) is 20.3 Å². The number of rotatable bonds is 4. The first-order valence-corrected chi connectivity index (χ1v) is 8.30. The maximum Gasteiger partial charge on any atom is 0.420 e. The van der Waals surface area contributed by atoms with Gasteiger partial charge in [-0.05, 0) is 32.4 Å². The number of carbonyl (C=O) groups is 2. The summed E-state index contributed by atoms with van der Waals surface area (Å²) in [5, 5.41) is 2.81. The van der Waals surface area contributed by atoms with Crippen LogP contribution < -0.4 is 16.8 Å². The lowest BCUT2D eigenvalue weighted by Gasteiger charge is -2.24. The van der Waals surface area contributed by atoms with E-state index in [0.29, 0.717) is 24.1 Å². The number of nitrogens with one attached hydrogen (secondary N) is 1. The van der Waals surface area contributed by atoms with E-state index in [9.17, 15) is 14.4 Å². The van der Waals surface area contributed by atoms with Crippen molar-refractivity contribution in [2.24, 2.45) is 5.73 Å². The number of hydrogen-bond acceptors (Lipinski definition) is 5. The molecular weight excluding hydrogens is 324 g/mol. The van der Waals surface area contributed by atoms with Crippen molar-refractivity contribution >= 4 is 22.9 Å². The zero-order valence-electron chi connectivity index (χ0n) is 14.3. The van der Waals surface area contributed by atoms with Crippen LogP contribution in [0.25, 0.3) is 11.1 Å². The minimum atomic E-state index is -0.612. The van der Waals surface area contributed by atoms with Crippen molar-refractivity contribution in [3.8, 4) is 0 Å². The first-order valence-electron chi connectivity index (χ1n) is 8.30. The van der Waals surface area contributed by atoms with Crippen LogP contribution in [0, 0.1) is 0 Å². The molecule has 0 aliphatic carbocycles. The molecule has 0 saturated carbocycles. The molecule has 134 valence electrons. The lowest BCUT2D eigenvalue weighted by molar-refractivity contribution is -0.139. The van der Waals surface area contributed by atoms with Crippen LogP contribution in [-0.2, 0) is 16.1 Å². The minimum absolute atomic E-state index is 0.0262. The van der Waals surface area contributed by atoms with Crippen LogP contribution in [-0.4, -0.2) is 46.0 Å². The average Bonchev–Trinajstić information content (AvgIpc) is 3.08. The lowest BCUT2D eigenvalue weighted by atomic mass is 10.1. The molecule has 0 radical (unpaired) electrons. The van der Waals surface area contributed by atoms with Gasteiger partial charge in [0.15, 0.2) is 5.58 Å². The van der Waals surface area contributed by atoms with E-state index in [1.807, 2.05) is 13.8 Å². The van der Waals surface area contributed by atoms with Crippen molar-refractivity contribution < 1.29 is 14.0 Å². The predicted molar refractivity (Wildman–Crippen MR) is 91.8 cm³/mol. The summed E-state index contributed by atoms with van der Waals surface area (Å²) in [6.07, 6.45) is 0.408. The molecule has 2 unspecified atom stereocenters. The number of fused-ring (bicyclic) bond motifs is 1. The number of nitrogens with two attached hydrogens (primary N) is 1. The Balaban J connectivity index is 1.82. The molecule has 2 atom stereocenters. The second-order valence-electron chi connectivity index (χ2n) is 6.64. The van der Waals surface area contributed by atoms with E-state index in [2.05, 4.69) is 5.32 Å². The van der Waals surface area contributed by atoms with Crippen LogP contribution in [0.2, 0.25) is 0 Å². The molecule has 1 aliphatic rings. The third-order valence-electron chi connectivity index (χ3n) is 4.25. The Morgan fingerprint density at radius 1 is 1.36 bits per heavy atom. The Morgan fingerprint density at radius 3 is 2.80 bits per heavy atom. The number of likely N-dealkylation sites (tertiary alicyclic amines) is 1. The fourth-order valence-corrected chi connectivity index (χ4v) is 3.16. The molecule has 1 aliphatic heterocycles. The summed E-state index contributed by atoms with van der Waals surface area (Å²) in [7, 11) is 0. The van der Waals surface area contributed by atoms with Gasteiger partial charge in [0.05, 0.1) is 5.52 Å². The molecular formula is C17H22N4O4. The smallest absolute Gasteiger partial charge is 0.408 e. The Labute approximate surface area is 144 Å². The average molecular weight is 346 g/mol. The van der Waals surface area contributed by atoms with Gasteiger partial charge in [0.2, 0.25) is 11.8 Å². The number of benzene rings is 1. The maximum absolute atomic E-state index is 12.7. The van der Waals surface area contributed by atoms with Gasteiger partial charge in [-0.2, -0.15) is 0 Å². The Bertz CT molecular complexity index is 854. The Morgan fingerprint density at radius 2 is 2.08 bits per heavy atom. The highest BCUT2D eigenvalue weighted by Crippen LogP contribution is 2.19. The Kier molecular flexibility index (Phi) is 4.63. The SMILES string of the molecule is CC(C)NC(=O)C1CC(N)CN1C(=O)Cn1c(=O)oc2ccccc21. The van der Waals surface area contributed by atoms with Crippen molar-refractivity contribution in [2.75, 3.05) is 6.54 Å². The van der Waals surface area contributed by atoms with E-state index in [1.165, 1.54) is 9.47 Å².